The fraction of sp³-hybridized carbons (Fsp3) is 0.926. The number of aliphatic imine (C=N–C) groups is 1. The lowest BCUT2D eigenvalue weighted by atomic mass is 10.0. The number of unbranched alkanes of at least 4 members (excludes halogenated alkanes) is 15. The molecule has 0 saturated heterocycles. The average molecular weight is 437 g/mol. The molecule has 0 aromatic carbocycles. The first-order valence-corrected chi connectivity index (χ1v) is 13.7. The number of hydrogen-bond donors (Lipinski definition) is 1. The Morgan fingerprint density at radius 2 is 1.29 bits per heavy atom. The molecule has 1 aliphatic rings. The van der Waals surface area contributed by atoms with Crippen LogP contribution in [0.3, 0.4) is 0 Å². The van der Waals surface area contributed by atoms with Crippen molar-refractivity contribution in [1.82, 2.24) is 4.90 Å². The molecule has 1 heterocycles. The van der Waals surface area contributed by atoms with Gasteiger partial charge in [0.1, 0.15) is 0 Å². The molecule has 1 aliphatic heterocycles. The predicted octanol–water partition coefficient (Wildman–Crippen LogP) is 8.00. The van der Waals surface area contributed by atoms with Crippen LogP contribution in [0.1, 0.15) is 142 Å². The van der Waals surface area contributed by atoms with Crippen molar-refractivity contribution < 1.29 is 9.90 Å². The Bertz CT molecular complexity index is 464. The fourth-order valence-corrected chi connectivity index (χ4v) is 4.86. The van der Waals surface area contributed by atoms with E-state index >= 15 is 0 Å². The second kappa shape index (κ2) is 19.6. The van der Waals surface area contributed by atoms with Crippen LogP contribution in [0.2, 0.25) is 0 Å². The van der Waals surface area contributed by atoms with Crippen molar-refractivity contribution in [3.8, 4) is 0 Å². The van der Waals surface area contributed by atoms with Crippen molar-refractivity contribution in [3.05, 3.63) is 0 Å². The van der Waals surface area contributed by atoms with Gasteiger partial charge in [-0.15, -0.1) is 0 Å². The van der Waals surface area contributed by atoms with Gasteiger partial charge in [-0.05, 0) is 12.8 Å². The van der Waals surface area contributed by atoms with Gasteiger partial charge in [0, 0.05) is 19.0 Å². The number of carboxylic acid groups (broad SMARTS) is 1. The Labute approximate surface area is 193 Å². The maximum absolute atomic E-state index is 11.2. The molecule has 0 bridgehead atoms. The maximum atomic E-state index is 11.2. The third-order valence-corrected chi connectivity index (χ3v) is 6.69. The van der Waals surface area contributed by atoms with E-state index in [1.165, 1.54) is 109 Å². The first-order valence-electron chi connectivity index (χ1n) is 13.7. The Morgan fingerprint density at radius 1 is 0.806 bits per heavy atom. The van der Waals surface area contributed by atoms with E-state index < -0.39 is 5.97 Å². The molecule has 1 N–H and O–H groups in total. The summed E-state index contributed by atoms with van der Waals surface area (Å²) in [6.07, 6.45) is 25.5. The van der Waals surface area contributed by atoms with Gasteiger partial charge in [0.15, 0.2) is 0 Å². The predicted molar refractivity (Wildman–Crippen MR) is 134 cm³/mol. The molecule has 0 radical (unpaired) electrons. The van der Waals surface area contributed by atoms with E-state index in [0.717, 1.165) is 32.4 Å². The highest BCUT2D eigenvalue weighted by Crippen LogP contribution is 2.20. The molecule has 1 rings (SSSR count). The minimum atomic E-state index is -0.688. The zero-order chi connectivity index (χ0) is 22.6. The van der Waals surface area contributed by atoms with Gasteiger partial charge in [-0.2, -0.15) is 0 Å². The van der Waals surface area contributed by atoms with E-state index in [0.29, 0.717) is 0 Å². The summed E-state index contributed by atoms with van der Waals surface area (Å²) in [5.74, 6) is 0.483. The molecule has 31 heavy (non-hydrogen) atoms. The van der Waals surface area contributed by atoms with Crippen LogP contribution in [-0.4, -0.2) is 40.9 Å². The molecule has 0 saturated carbocycles. The highest BCUT2D eigenvalue weighted by atomic mass is 16.4. The number of nitrogens with zero attached hydrogens (tertiary/aromatic N) is 2. The Hall–Kier alpha value is -1.06. The summed E-state index contributed by atoms with van der Waals surface area (Å²) in [5, 5.41) is 9.22. The summed E-state index contributed by atoms with van der Waals surface area (Å²) < 4.78 is 0. The summed E-state index contributed by atoms with van der Waals surface area (Å²) in [6, 6.07) is 0.129. The van der Waals surface area contributed by atoms with Crippen LogP contribution in [0.15, 0.2) is 4.99 Å². The molecule has 0 fully saturated rings. The summed E-state index contributed by atoms with van der Waals surface area (Å²) in [4.78, 5) is 18.2. The summed E-state index contributed by atoms with van der Waals surface area (Å²) in [7, 11) is 0. The van der Waals surface area contributed by atoms with Crippen molar-refractivity contribution in [2.45, 2.75) is 148 Å². The lowest BCUT2D eigenvalue weighted by Crippen LogP contribution is -2.39. The van der Waals surface area contributed by atoms with Crippen LogP contribution < -0.4 is 0 Å². The van der Waals surface area contributed by atoms with Crippen LogP contribution in [0.25, 0.3) is 0 Å². The molecule has 0 aromatic heterocycles. The van der Waals surface area contributed by atoms with Gasteiger partial charge in [-0.25, -0.2) is 0 Å². The average Bonchev–Trinajstić information content (AvgIpc) is 3.21. The normalized spacial score (nSPS) is 14.8. The van der Waals surface area contributed by atoms with Crippen molar-refractivity contribution >= 4 is 11.8 Å². The Balaban J connectivity index is 1.95. The fourth-order valence-electron chi connectivity index (χ4n) is 4.86. The van der Waals surface area contributed by atoms with Crippen LogP contribution in [0.4, 0.5) is 0 Å². The molecule has 0 amide bonds. The molecule has 182 valence electrons. The molecular formula is C27H52N2O2. The third kappa shape index (κ3) is 14.6. The van der Waals surface area contributed by atoms with Gasteiger partial charge < -0.3 is 10.0 Å². The van der Waals surface area contributed by atoms with Crippen molar-refractivity contribution in [3.63, 3.8) is 0 Å². The quantitative estimate of drug-likeness (QED) is 0.175. The number of carboxylic acids is 1. The van der Waals surface area contributed by atoms with Crippen molar-refractivity contribution in [2.24, 2.45) is 4.99 Å². The minimum absolute atomic E-state index is 0.129. The van der Waals surface area contributed by atoms with Crippen molar-refractivity contribution in [2.75, 3.05) is 13.1 Å². The van der Waals surface area contributed by atoms with Gasteiger partial charge >= 0.3 is 5.97 Å². The number of hydrogen-bond acceptors (Lipinski definition) is 3. The molecule has 1 atom stereocenters. The number of rotatable bonds is 22. The summed E-state index contributed by atoms with van der Waals surface area (Å²) >= 11 is 0. The van der Waals surface area contributed by atoms with Crippen LogP contribution in [0.5, 0.6) is 0 Å². The van der Waals surface area contributed by atoms with Crippen LogP contribution in [-0.2, 0) is 4.79 Å². The van der Waals surface area contributed by atoms with Gasteiger partial charge in [0.25, 0.3) is 0 Å². The molecule has 0 aromatic rings. The molecule has 0 aliphatic carbocycles. The van der Waals surface area contributed by atoms with Crippen LogP contribution >= 0.6 is 0 Å². The van der Waals surface area contributed by atoms with Gasteiger partial charge in [-0.1, -0.05) is 117 Å². The molecule has 1 unspecified atom stereocenters. The topological polar surface area (TPSA) is 52.9 Å². The number of carbonyl (C=O) groups is 1. The Kier molecular flexibility index (Phi) is 17.7. The highest BCUT2D eigenvalue weighted by Gasteiger charge is 2.26. The summed E-state index contributed by atoms with van der Waals surface area (Å²) in [5.41, 5.74) is 0. The lowest BCUT2D eigenvalue weighted by Gasteiger charge is -2.29. The SMILES string of the molecule is CCCCCCCCCCCCCCCCCCC1=NCCN1C(CCC)CC(=O)O. The second-order valence-electron chi connectivity index (χ2n) is 9.59. The van der Waals surface area contributed by atoms with Gasteiger partial charge in [0.05, 0.1) is 18.8 Å². The van der Waals surface area contributed by atoms with E-state index in [1.54, 1.807) is 0 Å². The van der Waals surface area contributed by atoms with E-state index in [9.17, 15) is 9.90 Å². The molecule has 4 nitrogen and oxygen atoms in total. The highest BCUT2D eigenvalue weighted by molar-refractivity contribution is 5.84. The Morgan fingerprint density at radius 3 is 1.74 bits per heavy atom. The molecule has 4 heteroatoms. The standard InChI is InChI=1S/C27H52N2O2/c1-3-5-6-7-8-9-10-11-12-13-14-15-16-17-18-19-21-26-28-22-23-29(26)25(20-4-2)24-27(30)31/h25H,3-24H2,1-2H3,(H,30,31). The zero-order valence-electron chi connectivity index (χ0n) is 20.9. The first-order chi connectivity index (χ1) is 15.2. The zero-order valence-corrected chi connectivity index (χ0v) is 20.9. The third-order valence-electron chi connectivity index (χ3n) is 6.69. The molecular weight excluding hydrogens is 384 g/mol. The van der Waals surface area contributed by atoms with E-state index in [4.69, 9.17) is 0 Å². The first kappa shape index (κ1) is 28.0. The van der Waals surface area contributed by atoms with Crippen LogP contribution in [0, 0.1) is 0 Å². The molecule has 0 spiro atoms. The largest absolute Gasteiger partial charge is 0.481 e. The lowest BCUT2D eigenvalue weighted by molar-refractivity contribution is -0.138. The second-order valence-corrected chi connectivity index (χ2v) is 9.59. The van der Waals surface area contributed by atoms with Gasteiger partial charge in [0.2, 0.25) is 0 Å². The van der Waals surface area contributed by atoms with E-state index in [1.807, 2.05) is 0 Å². The summed E-state index contributed by atoms with van der Waals surface area (Å²) in [6.45, 7) is 6.17. The van der Waals surface area contributed by atoms with Gasteiger partial charge in [-0.3, -0.25) is 9.79 Å². The smallest absolute Gasteiger partial charge is 0.305 e. The number of aliphatic carboxylic acids is 1. The maximum Gasteiger partial charge on any atom is 0.305 e. The van der Waals surface area contributed by atoms with E-state index in [-0.39, 0.29) is 12.5 Å². The monoisotopic (exact) mass is 436 g/mol. The number of amidine groups is 1. The van der Waals surface area contributed by atoms with Crippen molar-refractivity contribution in [1.29, 1.82) is 0 Å². The van der Waals surface area contributed by atoms with E-state index in [2.05, 4.69) is 23.7 Å². The minimum Gasteiger partial charge on any atom is -0.481 e.